The fourth-order valence-electron chi connectivity index (χ4n) is 2.19. The van der Waals surface area contributed by atoms with Crippen molar-refractivity contribution >= 4 is 11.6 Å². The number of anilines is 1. The molecule has 1 atom stereocenters. The number of carbonyl (C=O) groups is 1. The third kappa shape index (κ3) is 2.28. The van der Waals surface area contributed by atoms with Gasteiger partial charge in [0.25, 0.3) is 0 Å². The van der Waals surface area contributed by atoms with E-state index < -0.39 is 0 Å². The zero-order valence-corrected chi connectivity index (χ0v) is 10.4. The molecule has 0 spiro atoms. The maximum Gasteiger partial charge on any atom is 0.227 e. The number of hydrogen-bond donors (Lipinski definition) is 1. The summed E-state index contributed by atoms with van der Waals surface area (Å²) in [6, 6.07) is 5.52. The Hall–Kier alpha value is -1.71. The Morgan fingerprint density at radius 3 is 2.72 bits per heavy atom. The molecule has 0 saturated heterocycles. The Labute approximate surface area is 106 Å². The van der Waals surface area contributed by atoms with Crippen molar-refractivity contribution in [2.45, 2.75) is 19.8 Å². The number of nitrogens with one attached hydrogen (secondary N) is 1. The fraction of sp³-hybridized carbons (Fsp3) is 0.500. The molecule has 1 N–H and O–H groups in total. The molecular formula is C14H17NO3. The Balaban J connectivity index is 1.70. The molecule has 0 aromatic heterocycles. The molecule has 1 aliphatic heterocycles. The summed E-state index contributed by atoms with van der Waals surface area (Å²) < 4.78 is 10.9. The third-order valence-corrected chi connectivity index (χ3v) is 3.55. The quantitative estimate of drug-likeness (QED) is 0.892. The molecule has 1 aromatic carbocycles. The number of amides is 1. The first-order valence-corrected chi connectivity index (χ1v) is 6.44. The molecule has 1 unspecified atom stereocenters. The zero-order chi connectivity index (χ0) is 12.5. The van der Waals surface area contributed by atoms with E-state index in [1.807, 2.05) is 25.1 Å². The molecule has 1 fully saturated rings. The lowest BCUT2D eigenvalue weighted by Gasteiger charge is -2.19. The molecule has 18 heavy (non-hydrogen) atoms. The Bertz CT molecular complexity index is 468. The minimum absolute atomic E-state index is 0.0918. The van der Waals surface area contributed by atoms with Gasteiger partial charge >= 0.3 is 0 Å². The first-order valence-electron chi connectivity index (χ1n) is 6.44. The van der Waals surface area contributed by atoms with Crippen molar-refractivity contribution < 1.29 is 14.3 Å². The molecular weight excluding hydrogens is 230 g/mol. The van der Waals surface area contributed by atoms with Gasteiger partial charge in [-0.25, -0.2) is 0 Å². The molecule has 4 nitrogen and oxygen atoms in total. The smallest absolute Gasteiger partial charge is 0.227 e. The topological polar surface area (TPSA) is 47.6 Å². The third-order valence-electron chi connectivity index (χ3n) is 3.55. The second-order valence-electron chi connectivity index (χ2n) is 4.97. The lowest BCUT2D eigenvalue weighted by molar-refractivity contribution is -0.119. The minimum atomic E-state index is 0.0918. The van der Waals surface area contributed by atoms with E-state index in [4.69, 9.17) is 9.47 Å². The standard InChI is InChI=1S/C14H17NO3/c1-9(10-2-3-10)14(16)15-11-4-5-12-13(8-11)18-7-6-17-12/h4-5,8-10H,2-3,6-7H2,1H3,(H,15,16). The number of benzene rings is 1. The average Bonchev–Trinajstić information content (AvgIpc) is 3.22. The molecule has 1 aliphatic carbocycles. The van der Waals surface area contributed by atoms with E-state index in [2.05, 4.69) is 5.32 Å². The van der Waals surface area contributed by atoms with Crippen LogP contribution in [0.25, 0.3) is 0 Å². The maximum absolute atomic E-state index is 12.0. The van der Waals surface area contributed by atoms with Gasteiger partial charge in [-0.2, -0.15) is 0 Å². The van der Waals surface area contributed by atoms with Crippen molar-refractivity contribution in [3.8, 4) is 11.5 Å². The molecule has 1 heterocycles. The second-order valence-corrected chi connectivity index (χ2v) is 4.97. The lowest BCUT2D eigenvalue weighted by Crippen LogP contribution is -2.22. The van der Waals surface area contributed by atoms with Crippen LogP contribution in [-0.4, -0.2) is 19.1 Å². The van der Waals surface area contributed by atoms with Crippen molar-refractivity contribution in [3.63, 3.8) is 0 Å². The summed E-state index contributed by atoms with van der Waals surface area (Å²) in [6.07, 6.45) is 2.35. The van der Waals surface area contributed by atoms with E-state index in [9.17, 15) is 4.79 Å². The summed E-state index contributed by atoms with van der Waals surface area (Å²) in [4.78, 5) is 12.0. The van der Waals surface area contributed by atoms with Crippen LogP contribution < -0.4 is 14.8 Å². The number of fused-ring (bicyclic) bond motifs is 1. The highest BCUT2D eigenvalue weighted by Crippen LogP contribution is 2.37. The molecule has 4 heteroatoms. The van der Waals surface area contributed by atoms with Crippen LogP contribution in [0, 0.1) is 11.8 Å². The maximum atomic E-state index is 12.0. The summed E-state index contributed by atoms with van der Waals surface area (Å²) in [5, 5.41) is 2.94. The molecule has 2 aliphatic rings. The van der Waals surface area contributed by atoms with Crippen molar-refractivity contribution in [2.24, 2.45) is 11.8 Å². The summed E-state index contributed by atoms with van der Waals surface area (Å²) in [5.74, 6) is 2.21. The Kier molecular flexibility index (Phi) is 2.86. The van der Waals surface area contributed by atoms with E-state index in [0.29, 0.717) is 24.9 Å². The van der Waals surface area contributed by atoms with Crippen molar-refractivity contribution in [3.05, 3.63) is 18.2 Å². The van der Waals surface area contributed by atoms with Crippen LogP contribution in [0.5, 0.6) is 11.5 Å². The summed E-state index contributed by atoms with van der Waals surface area (Å²) in [6.45, 7) is 3.13. The molecule has 1 saturated carbocycles. The van der Waals surface area contributed by atoms with E-state index in [1.54, 1.807) is 0 Å². The molecule has 3 rings (SSSR count). The molecule has 0 bridgehead atoms. The Morgan fingerprint density at radius 1 is 1.28 bits per heavy atom. The van der Waals surface area contributed by atoms with Gasteiger partial charge in [0.1, 0.15) is 13.2 Å². The first-order chi connectivity index (χ1) is 8.74. The van der Waals surface area contributed by atoms with Gasteiger partial charge in [-0.3, -0.25) is 4.79 Å². The number of rotatable bonds is 3. The molecule has 1 aromatic rings. The second kappa shape index (κ2) is 4.52. The van der Waals surface area contributed by atoms with Gasteiger partial charge in [0, 0.05) is 17.7 Å². The minimum Gasteiger partial charge on any atom is -0.486 e. The van der Waals surface area contributed by atoms with Crippen LogP contribution in [0.1, 0.15) is 19.8 Å². The summed E-state index contributed by atoms with van der Waals surface area (Å²) in [7, 11) is 0. The van der Waals surface area contributed by atoms with Gasteiger partial charge < -0.3 is 14.8 Å². The highest BCUT2D eigenvalue weighted by Gasteiger charge is 2.32. The van der Waals surface area contributed by atoms with Crippen LogP contribution in [0.4, 0.5) is 5.69 Å². The van der Waals surface area contributed by atoms with E-state index >= 15 is 0 Å². The monoisotopic (exact) mass is 247 g/mol. The first kappa shape index (κ1) is 11.4. The zero-order valence-electron chi connectivity index (χ0n) is 10.4. The Morgan fingerprint density at radius 2 is 2.00 bits per heavy atom. The average molecular weight is 247 g/mol. The predicted molar refractivity (Wildman–Crippen MR) is 67.9 cm³/mol. The lowest BCUT2D eigenvalue weighted by atomic mass is 10.1. The van der Waals surface area contributed by atoms with Crippen LogP contribution in [0.2, 0.25) is 0 Å². The SMILES string of the molecule is CC(C(=O)Nc1ccc2c(c1)OCCO2)C1CC1. The summed E-state index contributed by atoms with van der Waals surface area (Å²) >= 11 is 0. The van der Waals surface area contributed by atoms with E-state index in [1.165, 1.54) is 12.8 Å². The van der Waals surface area contributed by atoms with E-state index in [-0.39, 0.29) is 11.8 Å². The summed E-state index contributed by atoms with van der Waals surface area (Å²) in [5.41, 5.74) is 0.775. The van der Waals surface area contributed by atoms with Gasteiger partial charge in [0.2, 0.25) is 5.91 Å². The highest BCUT2D eigenvalue weighted by molar-refractivity contribution is 5.93. The largest absolute Gasteiger partial charge is 0.486 e. The van der Waals surface area contributed by atoms with Gasteiger partial charge in [-0.05, 0) is 30.9 Å². The normalized spacial score (nSPS) is 19.2. The predicted octanol–water partition coefficient (Wildman–Crippen LogP) is 2.44. The highest BCUT2D eigenvalue weighted by atomic mass is 16.6. The van der Waals surface area contributed by atoms with Crippen LogP contribution in [-0.2, 0) is 4.79 Å². The number of carbonyl (C=O) groups excluding carboxylic acids is 1. The van der Waals surface area contributed by atoms with Crippen LogP contribution in [0.3, 0.4) is 0 Å². The molecule has 1 amide bonds. The number of ether oxygens (including phenoxy) is 2. The van der Waals surface area contributed by atoms with Crippen LogP contribution >= 0.6 is 0 Å². The van der Waals surface area contributed by atoms with Crippen molar-refractivity contribution in [1.29, 1.82) is 0 Å². The number of hydrogen-bond acceptors (Lipinski definition) is 3. The van der Waals surface area contributed by atoms with Gasteiger partial charge in [-0.1, -0.05) is 6.92 Å². The fourth-order valence-corrected chi connectivity index (χ4v) is 2.19. The van der Waals surface area contributed by atoms with Crippen molar-refractivity contribution in [1.82, 2.24) is 0 Å². The molecule has 0 radical (unpaired) electrons. The van der Waals surface area contributed by atoms with E-state index in [0.717, 1.165) is 11.4 Å². The van der Waals surface area contributed by atoms with Gasteiger partial charge in [0.15, 0.2) is 11.5 Å². The van der Waals surface area contributed by atoms with Gasteiger partial charge in [0.05, 0.1) is 0 Å². The van der Waals surface area contributed by atoms with Gasteiger partial charge in [-0.15, -0.1) is 0 Å². The molecule has 96 valence electrons. The van der Waals surface area contributed by atoms with Crippen LogP contribution in [0.15, 0.2) is 18.2 Å². The van der Waals surface area contributed by atoms with Crippen molar-refractivity contribution in [2.75, 3.05) is 18.5 Å².